The van der Waals surface area contributed by atoms with Gasteiger partial charge in [0.25, 0.3) is 0 Å². The van der Waals surface area contributed by atoms with Crippen LogP contribution in [-0.4, -0.2) is 27.3 Å². The largest absolute Gasteiger partial charge is 0.362 e. The third-order valence-corrected chi connectivity index (χ3v) is 6.43. The molecule has 1 amide bonds. The number of carbonyl (C=O) groups is 1. The van der Waals surface area contributed by atoms with Crippen LogP contribution in [0.25, 0.3) is 11.6 Å². The third-order valence-electron chi connectivity index (χ3n) is 5.80. The highest BCUT2D eigenvalue weighted by Gasteiger charge is 2.23. The van der Waals surface area contributed by atoms with E-state index in [0.29, 0.717) is 17.2 Å². The summed E-state index contributed by atoms with van der Waals surface area (Å²) in [4.78, 5) is 27.3. The summed E-state index contributed by atoms with van der Waals surface area (Å²) >= 11 is 1.51. The minimum Gasteiger partial charge on any atom is -0.362 e. The Morgan fingerprint density at radius 3 is 2.86 bits per heavy atom. The number of rotatable bonds is 7. The van der Waals surface area contributed by atoms with E-state index in [1.807, 2.05) is 31.2 Å². The monoisotopic (exact) mass is 487 g/mol. The van der Waals surface area contributed by atoms with E-state index in [4.69, 9.17) is 4.84 Å². The molecule has 0 radical (unpaired) electrons. The molecule has 7 nitrogen and oxygen atoms in total. The Balaban J connectivity index is 1.45. The Morgan fingerprint density at radius 1 is 1.20 bits per heavy atom. The zero-order valence-electron chi connectivity index (χ0n) is 20.1. The van der Waals surface area contributed by atoms with E-state index in [0.717, 1.165) is 64.5 Å². The zero-order chi connectivity index (χ0) is 24.8. The van der Waals surface area contributed by atoms with Crippen molar-refractivity contribution in [3.05, 3.63) is 83.1 Å². The first-order valence-corrected chi connectivity index (χ1v) is 12.5. The number of oxime groups is 1. The van der Waals surface area contributed by atoms with Crippen molar-refractivity contribution >= 4 is 40.9 Å². The van der Waals surface area contributed by atoms with Gasteiger partial charge >= 0.3 is 0 Å². The van der Waals surface area contributed by atoms with Crippen LogP contribution in [-0.2, 0) is 9.63 Å². The summed E-state index contributed by atoms with van der Waals surface area (Å²) in [6.45, 7) is 11.3. The predicted molar refractivity (Wildman–Crippen MR) is 142 cm³/mol. The van der Waals surface area contributed by atoms with E-state index >= 15 is 0 Å². The summed E-state index contributed by atoms with van der Waals surface area (Å²) < 4.78 is 4.58. The first kappa shape index (κ1) is 24.6. The second-order valence-electron chi connectivity index (χ2n) is 8.67. The normalized spacial score (nSPS) is 17.6. The van der Waals surface area contributed by atoms with E-state index < -0.39 is 0 Å². The molecule has 0 bridgehead atoms. The number of amides is 1. The first-order chi connectivity index (χ1) is 16.9. The van der Waals surface area contributed by atoms with E-state index in [9.17, 15) is 4.79 Å². The summed E-state index contributed by atoms with van der Waals surface area (Å²) in [6, 6.07) is 7.56. The minimum absolute atomic E-state index is 0.0158. The maximum Gasteiger partial charge on any atom is 0.227 e. The average molecular weight is 488 g/mol. The highest BCUT2D eigenvalue weighted by atomic mass is 32.2. The molecular formula is C27H29N5O2S. The Labute approximate surface area is 209 Å². The van der Waals surface area contributed by atoms with Crippen molar-refractivity contribution in [2.24, 2.45) is 15.5 Å². The maximum absolute atomic E-state index is 13.2. The molecule has 1 N–H and O–H groups in total. The van der Waals surface area contributed by atoms with Crippen LogP contribution in [0.2, 0.25) is 0 Å². The second-order valence-corrected chi connectivity index (χ2v) is 9.45. The number of anilines is 1. The number of nitrogens with one attached hydrogen (secondary N) is 1. The number of carbonyl (C=O) groups excluding carboxylic acids is 1. The van der Waals surface area contributed by atoms with Crippen LogP contribution in [0.4, 0.5) is 5.69 Å². The zero-order valence-corrected chi connectivity index (χ0v) is 20.9. The fourth-order valence-electron chi connectivity index (χ4n) is 4.09. The van der Waals surface area contributed by atoms with Gasteiger partial charge in [-0.2, -0.15) is 0 Å². The summed E-state index contributed by atoms with van der Waals surface area (Å²) in [5.41, 5.74) is 4.92. The molecule has 2 aliphatic rings. The van der Waals surface area contributed by atoms with Crippen LogP contribution in [0.5, 0.6) is 0 Å². The lowest BCUT2D eigenvalue weighted by molar-refractivity contribution is -0.120. The lowest BCUT2D eigenvalue weighted by atomic mass is 9.97. The summed E-state index contributed by atoms with van der Waals surface area (Å²) in [5, 5.41) is 8.98. The smallest absolute Gasteiger partial charge is 0.227 e. The van der Waals surface area contributed by atoms with Crippen LogP contribution in [0, 0.1) is 5.92 Å². The van der Waals surface area contributed by atoms with Crippen LogP contribution in [0.15, 0.2) is 70.7 Å². The van der Waals surface area contributed by atoms with Gasteiger partial charge in [0.2, 0.25) is 5.91 Å². The van der Waals surface area contributed by atoms with Crippen molar-refractivity contribution in [1.82, 2.24) is 9.97 Å². The average Bonchev–Trinajstić information content (AvgIpc) is 3.10. The van der Waals surface area contributed by atoms with Crippen LogP contribution in [0.3, 0.4) is 0 Å². The molecule has 0 saturated heterocycles. The quantitative estimate of drug-likeness (QED) is 0.267. The number of aromatic nitrogens is 2. The highest BCUT2D eigenvalue weighted by molar-refractivity contribution is 7.98. The summed E-state index contributed by atoms with van der Waals surface area (Å²) in [5.74, 6) is 1.24. The van der Waals surface area contributed by atoms with Crippen LogP contribution >= 0.6 is 11.9 Å². The van der Waals surface area contributed by atoms with Crippen molar-refractivity contribution in [3.8, 4) is 0 Å². The van der Waals surface area contributed by atoms with Gasteiger partial charge in [-0.15, -0.1) is 0 Å². The lowest BCUT2D eigenvalue weighted by Gasteiger charge is -2.15. The number of nitrogens with zero attached hydrogens (tertiary/aromatic N) is 4. The molecule has 4 rings (SSSR count). The van der Waals surface area contributed by atoms with E-state index in [1.165, 1.54) is 11.9 Å². The van der Waals surface area contributed by atoms with Crippen LogP contribution in [0.1, 0.15) is 50.8 Å². The van der Waals surface area contributed by atoms with Crippen molar-refractivity contribution < 1.29 is 9.63 Å². The van der Waals surface area contributed by atoms with Gasteiger partial charge in [-0.1, -0.05) is 36.5 Å². The number of hydrogen-bond acceptors (Lipinski definition) is 7. The fourth-order valence-corrected chi connectivity index (χ4v) is 4.70. The summed E-state index contributed by atoms with van der Waals surface area (Å²) in [7, 11) is 0. The van der Waals surface area contributed by atoms with Crippen molar-refractivity contribution in [2.45, 2.75) is 39.5 Å². The molecule has 35 heavy (non-hydrogen) atoms. The van der Waals surface area contributed by atoms with Gasteiger partial charge < -0.3 is 10.2 Å². The molecule has 180 valence electrons. The predicted octanol–water partition coefficient (Wildman–Crippen LogP) is 4.58. The molecule has 1 aromatic heterocycles. The Bertz CT molecular complexity index is 1350. The van der Waals surface area contributed by atoms with Crippen molar-refractivity contribution in [2.75, 3.05) is 11.1 Å². The topological polar surface area (TPSA) is 88.8 Å². The van der Waals surface area contributed by atoms with Gasteiger partial charge in [-0.3, -0.25) is 4.79 Å². The van der Waals surface area contributed by atoms with E-state index in [2.05, 4.69) is 50.1 Å². The third kappa shape index (κ3) is 6.14. The van der Waals surface area contributed by atoms with Gasteiger partial charge in [0, 0.05) is 22.9 Å². The van der Waals surface area contributed by atoms with Gasteiger partial charge in [0.15, 0.2) is 0 Å². The molecule has 0 saturated carbocycles. The SMILES string of the molecule is C=C(C)O/N=C(\C(=C)C)c1cccc(NC(=O)C2CCC=C(c3ncnc4c3=NSCC=4)CC2)c1. The molecule has 1 aliphatic heterocycles. The molecule has 2 heterocycles. The van der Waals surface area contributed by atoms with E-state index in [-0.39, 0.29) is 11.8 Å². The summed E-state index contributed by atoms with van der Waals surface area (Å²) in [6.07, 6.45) is 8.99. The van der Waals surface area contributed by atoms with Gasteiger partial charge in [-0.25, -0.2) is 14.4 Å². The van der Waals surface area contributed by atoms with Crippen molar-refractivity contribution in [1.29, 1.82) is 0 Å². The number of fused-ring (bicyclic) bond motifs is 1. The number of hydrogen-bond donors (Lipinski definition) is 1. The second kappa shape index (κ2) is 11.3. The molecule has 1 unspecified atom stereocenters. The molecule has 0 fully saturated rings. The molecule has 0 spiro atoms. The Hall–Kier alpha value is -3.52. The van der Waals surface area contributed by atoms with E-state index in [1.54, 1.807) is 13.3 Å². The molecule has 1 atom stereocenters. The highest BCUT2D eigenvalue weighted by Crippen LogP contribution is 2.28. The number of allylic oxidation sites excluding steroid dienone is 4. The minimum atomic E-state index is -0.0935. The molecule has 2 aromatic rings. The lowest BCUT2D eigenvalue weighted by Crippen LogP contribution is -2.34. The number of benzene rings is 1. The van der Waals surface area contributed by atoms with Crippen molar-refractivity contribution in [3.63, 3.8) is 0 Å². The maximum atomic E-state index is 13.2. The first-order valence-electron chi connectivity index (χ1n) is 11.6. The molecular weight excluding hydrogens is 458 g/mol. The van der Waals surface area contributed by atoms with Gasteiger partial charge in [0.05, 0.1) is 11.0 Å². The molecule has 1 aliphatic carbocycles. The molecule has 8 heteroatoms. The fraction of sp³-hybridized carbons (Fsp3) is 0.296. The Kier molecular flexibility index (Phi) is 7.92. The van der Waals surface area contributed by atoms with Gasteiger partial charge in [-0.05, 0) is 80.8 Å². The molecule has 1 aromatic carbocycles. The Morgan fingerprint density at radius 2 is 2.06 bits per heavy atom. The van der Waals surface area contributed by atoms with Crippen LogP contribution < -0.4 is 16.0 Å². The standard InChI is InChI=1S/C27H29N5O2S/c1-17(2)24(31-34-18(3)4)21-9-6-10-22(15-21)30-27(33)20-8-5-7-19(11-12-20)25-26-23(28-16-29-25)13-14-35-32-26/h6-7,9-10,13,15-16,20H,1,3,5,8,11-12,14H2,2,4H3,(H,30,33)/b31-24+. The van der Waals surface area contributed by atoms with Gasteiger partial charge in [0.1, 0.15) is 23.2 Å².